The maximum absolute atomic E-state index is 11.2. The summed E-state index contributed by atoms with van der Waals surface area (Å²) in [7, 11) is 0. The Bertz CT molecular complexity index is 212. The number of nitrogens with zero attached hydrogens (tertiary/aromatic N) is 1. The van der Waals surface area contributed by atoms with Crippen LogP contribution in [0, 0.1) is 0 Å². The molecule has 1 saturated heterocycles. The number of aliphatic hydroxyl groups excluding tert-OH is 2. The van der Waals surface area contributed by atoms with Crippen molar-refractivity contribution in [3.8, 4) is 0 Å². The van der Waals surface area contributed by atoms with Crippen LogP contribution in [0.4, 0.5) is 0 Å². The fourth-order valence-corrected chi connectivity index (χ4v) is 1.68. The average Bonchev–Trinajstić information content (AvgIpc) is 2.25. The summed E-state index contributed by atoms with van der Waals surface area (Å²) in [6.45, 7) is 4.00. The molecular formula is C11H21NO4. The van der Waals surface area contributed by atoms with E-state index in [4.69, 9.17) is 9.84 Å². The molecule has 5 heteroatoms. The van der Waals surface area contributed by atoms with Crippen molar-refractivity contribution in [2.75, 3.05) is 26.2 Å². The number of piperidine rings is 1. The van der Waals surface area contributed by atoms with Gasteiger partial charge >= 0.3 is 5.97 Å². The van der Waals surface area contributed by atoms with Gasteiger partial charge in [-0.25, -0.2) is 0 Å². The summed E-state index contributed by atoms with van der Waals surface area (Å²) in [6.07, 6.45) is 1.13. The zero-order valence-corrected chi connectivity index (χ0v) is 9.76. The number of carbonyl (C=O) groups excluding carboxylic acids is 1. The number of ether oxygens (including phenoxy) is 1. The van der Waals surface area contributed by atoms with E-state index >= 15 is 0 Å². The Labute approximate surface area is 96.0 Å². The van der Waals surface area contributed by atoms with Crippen molar-refractivity contribution in [1.29, 1.82) is 0 Å². The zero-order valence-electron chi connectivity index (χ0n) is 9.76. The van der Waals surface area contributed by atoms with Gasteiger partial charge in [-0.2, -0.15) is 0 Å². The quantitative estimate of drug-likeness (QED) is 0.639. The largest absolute Gasteiger partial charge is 0.463 e. The number of likely N-dealkylation sites (tertiary alicyclic amines) is 1. The van der Waals surface area contributed by atoms with Crippen LogP contribution in [0.3, 0.4) is 0 Å². The number of hydrogen-bond acceptors (Lipinski definition) is 5. The van der Waals surface area contributed by atoms with Crippen LogP contribution in [0.1, 0.15) is 26.2 Å². The van der Waals surface area contributed by atoms with E-state index in [1.165, 1.54) is 0 Å². The van der Waals surface area contributed by atoms with E-state index in [0.29, 0.717) is 13.0 Å². The predicted octanol–water partition coefficient (Wildman–Crippen LogP) is -0.243. The first-order valence-corrected chi connectivity index (χ1v) is 5.82. The Balaban J connectivity index is 2.07. The highest BCUT2D eigenvalue weighted by molar-refractivity contribution is 5.69. The van der Waals surface area contributed by atoms with Crippen LogP contribution < -0.4 is 0 Å². The van der Waals surface area contributed by atoms with E-state index in [2.05, 4.69) is 4.90 Å². The molecule has 1 heterocycles. The van der Waals surface area contributed by atoms with E-state index in [1.54, 1.807) is 6.92 Å². The van der Waals surface area contributed by atoms with Gasteiger partial charge in [0.05, 0.1) is 18.6 Å². The lowest BCUT2D eigenvalue weighted by atomic mass is 10.1. The van der Waals surface area contributed by atoms with Gasteiger partial charge in [-0.05, 0) is 19.8 Å². The molecule has 5 nitrogen and oxygen atoms in total. The molecule has 0 aromatic carbocycles. The summed E-state index contributed by atoms with van der Waals surface area (Å²) in [4.78, 5) is 13.4. The minimum Gasteiger partial charge on any atom is -0.463 e. The molecule has 0 spiro atoms. The molecule has 1 aliphatic rings. The normalized spacial score (nSPS) is 20.7. The molecule has 1 fully saturated rings. The van der Waals surface area contributed by atoms with Crippen molar-refractivity contribution in [2.24, 2.45) is 0 Å². The van der Waals surface area contributed by atoms with Gasteiger partial charge in [0, 0.05) is 19.6 Å². The SMILES string of the molecule is CC(O)COC(=O)CCN1CCC(O)CC1. The zero-order chi connectivity index (χ0) is 12.0. The molecule has 2 N–H and O–H groups in total. The van der Waals surface area contributed by atoms with E-state index in [9.17, 15) is 9.90 Å². The highest BCUT2D eigenvalue weighted by Gasteiger charge is 2.17. The van der Waals surface area contributed by atoms with Crippen molar-refractivity contribution in [3.63, 3.8) is 0 Å². The van der Waals surface area contributed by atoms with Crippen LogP contribution in [-0.2, 0) is 9.53 Å². The van der Waals surface area contributed by atoms with Gasteiger partial charge in [-0.3, -0.25) is 4.79 Å². The highest BCUT2D eigenvalue weighted by Crippen LogP contribution is 2.10. The Kier molecular flexibility index (Phi) is 5.73. The third-order valence-electron chi connectivity index (χ3n) is 2.67. The third-order valence-corrected chi connectivity index (χ3v) is 2.67. The minimum absolute atomic E-state index is 0.0670. The molecule has 1 atom stereocenters. The molecule has 0 aliphatic carbocycles. The summed E-state index contributed by atoms with van der Waals surface area (Å²) in [6, 6.07) is 0. The van der Waals surface area contributed by atoms with Gasteiger partial charge < -0.3 is 19.8 Å². The third kappa shape index (κ3) is 5.44. The number of hydrogen-bond donors (Lipinski definition) is 2. The fraction of sp³-hybridized carbons (Fsp3) is 0.909. The predicted molar refractivity (Wildman–Crippen MR) is 58.9 cm³/mol. The van der Waals surface area contributed by atoms with Crippen molar-refractivity contribution in [3.05, 3.63) is 0 Å². The second kappa shape index (κ2) is 6.83. The summed E-state index contributed by atoms with van der Waals surface area (Å²) >= 11 is 0. The smallest absolute Gasteiger partial charge is 0.307 e. The van der Waals surface area contributed by atoms with Crippen molar-refractivity contribution in [1.82, 2.24) is 4.90 Å². The molecular weight excluding hydrogens is 210 g/mol. The average molecular weight is 231 g/mol. The molecule has 0 saturated carbocycles. The lowest BCUT2D eigenvalue weighted by molar-refractivity contribution is -0.146. The Morgan fingerprint density at radius 2 is 2.12 bits per heavy atom. The number of rotatable bonds is 5. The maximum Gasteiger partial charge on any atom is 0.307 e. The molecule has 1 rings (SSSR count). The van der Waals surface area contributed by atoms with Crippen LogP contribution in [-0.4, -0.2) is 59.5 Å². The first kappa shape index (κ1) is 13.4. The maximum atomic E-state index is 11.2. The van der Waals surface area contributed by atoms with Crippen molar-refractivity contribution >= 4 is 5.97 Å². The Morgan fingerprint density at radius 3 is 2.69 bits per heavy atom. The molecule has 0 aromatic rings. The molecule has 0 bridgehead atoms. The Hall–Kier alpha value is -0.650. The first-order chi connectivity index (χ1) is 7.58. The second-order valence-corrected chi connectivity index (χ2v) is 4.35. The first-order valence-electron chi connectivity index (χ1n) is 5.82. The van der Waals surface area contributed by atoms with Gasteiger partial charge in [-0.15, -0.1) is 0 Å². The van der Waals surface area contributed by atoms with Gasteiger partial charge in [0.1, 0.15) is 6.61 Å². The molecule has 0 amide bonds. The lowest BCUT2D eigenvalue weighted by Gasteiger charge is -2.28. The van der Waals surface area contributed by atoms with Crippen molar-refractivity contribution < 1.29 is 19.7 Å². The molecule has 16 heavy (non-hydrogen) atoms. The van der Waals surface area contributed by atoms with Gasteiger partial charge in [0.2, 0.25) is 0 Å². The van der Waals surface area contributed by atoms with Gasteiger partial charge in [0.25, 0.3) is 0 Å². The molecule has 0 radical (unpaired) electrons. The monoisotopic (exact) mass is 231 g/mol. The van der Waals surface area contributed by atoms with E-state index in [-0.39, 0.29) is 18.7 Å². The van der Waals surface area contributed by atoms with E-state index < -0.39 is 6.10 Å². The van der Waals surface area contributed by atoms with Crippen LogP contribution in [0.2, 0.25) is 0 Å². The molecule has 1 aliphatic heterocycles. The summed E-state index contributed by atoms with van der Waals surface area (Å²) in [5.41, 5.74) is 0. The molecule has 1 unspecified atom stereocenters. The minimum atomic E-state index is -0.603. The van der Waals surface area contributed by atoms with Crippen LogP contribution >= 0.6 is 0 Å². The Morgan fingerprint density at radius 1 is 1.50 bits per heavy atom. The van der Waals surface area contributed by atoms with Crippen molar-refractivity contribution in [2.45, 2.75) is 38.4 Å². The summed E-state index contributed by atoms with van der Waals surface area (Å²) in [5.74, 6) is -0.271. The standard InChI is InChI=1S/C11H21NO4/c1-9(13)8-16-11(15)4-7-12-5-2-10(14)3-6-12/h9-10,13-14H,2-8H2,1H3. The second-order valence-electron chi connectivity index (χ2n) is 4.35. The van der Waals surface area contributed by atoms with Gasteiger partial charge in [0.15, 0.2) is 0 Å². The topological polar surface area (TPSA) is 70.0 Å². The van der Waals surface area contributed by atoms with E-state index in [0.717, 1.165) is 25.9 Å². The van der Waals surface area contributed by atoms with Gasteiger partial charge in [-0.1, -0.05) is 0 Å². The number of carbonyl (C=O) groups is 1. The van der Waals surface area contributed by atoms with Crippen LogP contribution in [0.25, 0.3) is 0 Å². The fourth-order valence-electron chi connectivity index (χ4n) is 1.68. The molecule has 0 aromatic heterocycles. The lowest BCUT2D eigenvalue weighted by Crippen LogP contribution is -2.37. The van der Waals surface area contributed by atoms with E-state index in [1.807, 2.05) is 0 Å². The number of aliphatic hydroxyl groups is 2. The highest BCUT2D eigenvalue weighted by atomic mass is 16.5. The number of esters is 1. The van der Waals surface area contributed by atoms with Crippen LogP contribution in [0.5, 0.6) is 0 Å². The molecule has 94 valence electrons. The van der Waals surface area contributed by atoms with Crippen LogP contribution in [0.15, 0.2) is 0 Å². The summed E-state index contributed by atoms with van der Waals surface area (Å²) < 4.78 is 4.85. The summed E-state index contributed by atoms with van der Waals surface area (Å²) in [5, 5.41) is 18.2.